The molecule has 0 aromatic heterocycles. The van der Waals surface area contributed by atoms with Crippen molar-refractivity contribution >= 4 is 5.97 Å². The Hall–Kier alpha value is -0.570. The second-order valence-corrected chi connectivity index (χ2v) is 4.38. The number of nitrogens with one attached hydrogen (secondary N) is 1. The van der Waals surface area contributed by atoms with Crippen LogP contribution in [0.4, 0.5) is 0 Å². The Labute approximate surface area is 86.2 Å². The van der Waals surface area contributed by atoms with Crippen LogP contribution in [-0.2, 0) is 9.53 Å². The summed E-state index contributed by atoms with van der Waals surface area (Å²) in [5.41, 5.74) is 0. The molecule has 0 amide bonds. The molecule has 82 valence electrons. The molecule has 0 saturated heterocycles. The standard InChI is InChI=1S/C11H21NO2/c1-8-5-4-6-10(7-8)12-9(2)11(13)14-3/h8-10,12H,4-7H2,1-3H3/t8?,9-,10?/m0/s1. The van der Waals surface area contributed by atoms with E-state index in [1.807, 2.05) is 6.92 Å². The van der Waals surface area contributed by atoms with Gasteiger partial charge in [-0.1, -0.05) is 19.8 Å². The second kappa shape index (κ2) is 5.35. The molecule has 0 radical (unpaired) electrons. The molecular weight excluding hydrogens is 178 g/mol. The van der Waals surface area contributed by atoms with Gasteiger partial charge in [0.15, 0.2) is 0 Å². The summed E-state index contributed by atoms with van der Waals surface area (Å²) in [7, 11) is 1.43. The minimum absolute atomic E-state index is 0.164. The van der Waals surface area contributed by atoms with E-state index in [0.717, 1.165) is 5.92 Å². The van der Waals surface area contributed by atoms with E-state index in [9.17, 15) is 4.79 Å². The number of hydrogen-bond acceptors (Lipinski definition) is 3. The molecular formula is C11H21NO2. The quantitative estimate of drug-likeness (QED) is 0.703. The van der Waals surface area contributed by atoms with Crippen molar-refractivity contribution in [1.29, 1.82) is 0 Å². The topological polar surface area (TPSA) is 38.3 Å². The summed E-state index contributed by atoms with van der Waals surface area (Å²) >= 11 is 0. The van der Waals surface area contributed by atoms with Crippen LogP contribution in [0.2, 0.25) is 0 Å². The Balaban J connectivity index is 2.32. The van der Waals surface area contributed by atoms with Gasteiger partial charge in [-0.25, -0.2) is 0 Å². The van der Waals surface area contributed by atoms with Gasteiger partial charge in [0, 0.05) is 6.04 Å². The number of esters is 1. The summed E-state index contributed by atoms with van der Waals surface area (Å²) in [6.45, 7) is 4.14. The Morgan fingerprint density at radius 3 is 2.79 bits per heavy atom. The first-order valence-corrected chi connectivity index (χ1v) is 5.47. The molecule has 0 spiro atoms. The van der Waals surface area contributed by atoms with Crippen LogP contribution in [-0.4, -0.2) is 25.2 Å². The second-order valence-electron chi connectivity index (χ2n) is 4.38. The monoisotopic (exact) mass is 199 g/mol. The molecule has 3 nitrogen and oxygen atoms in total. The third-order valence-electron chi connectivity index (χ3n) is 2.98. The number of rotatable bonds is 3. The normalized spacial score (nSPS) is 29.6. The Bertz CT molecular complexity index is 194. The fourth-order valence-electron chi connectivity index (χ4n) is 2.18. The molecule has 1 aliphatic rings. The maximum absolute atomic E-state index is 11.2. The minimum atomic E-state index is -0.171. The van der Waals surface area contributed by atoms with Crippen molar-refractivity contribution in [3.05, 3.63) is 0 Å². The van der Waals surface area contributed by atoms with Crippen molar-refractivity contribution in [2.75, 3.05) is 7.11 Å². The molecule has 1 fully saturated rings. The van der Waals surface area contributed by atoms with Gasteiger partial charge in [-0.15, -0.1) is 0 Å². The maximum atomic E-state index is 11.2. The lowest BCUT2D eigenvalue weighted by Gasteiger charge is -2.29. The molecule has 0 heterocycles. The van der Waals surface area contributed by atoms with Gasteiger partial charge >= 0.3 is 5.97 Å². The summed E-state index contributed by atoms with van der Waals surface area (Å²) in [6, 6.07) is 0.322. The van der Waals surface area contributed by atoms with Crippen LogP contribution in [0.25, 0.3) is 0 Å². The van der Waals surface area contributed by atoms with Gasteiger partial charge in [0.25, 0.3) is 0 Å². The molecule has 1 rings (SSSR count). The first kappa shape index (κ1) is 11.5. The van der Waals surface area contributed by atoms with Crippen molar-refractivity contribution in [2.24, 2.45) is 5.92 Å². The molecule has 0 aromatic rings. The molecule has 14 heavy (non-hydrogen) atoms. The minimum Gasteiger partial charge on any atom is -0.468 e. The molecule has 3 heteroatoms. The fourth-order valence-corrected chi connectivity index (χ4v) is 2.18. The molecule has 1 aliphatic carbocycles. The van der Waals surface area contributed by atoms with Gasteiger partial charge in [-0.2, -0.15) is 0 Å². The lowest BCUT2D eigenvalue weighted by molar-refractivity contribution is -0.142. The Kier molecular flexibility index (Phi) is 4.39. The highest BCUT2D eigenvalue weighted by molar-refractivity contribution is 5.75. The summed E-state index contributed by atoms with van der Waals surface area (Å²) in [5, 5.41) is 3.33. The van der Waals surface area contributed by atoms with Gasteiger partial charge in [0.2, 0.25) is 0 Å². The number of carbonyl (C=O) groups is 1. The van der Waals surface area contributed by atoms with E-state index >= 15 is 0 Å². The predicted molar refractivity (Wildman–Crippen MR) is 56.0 cm³/mol. The summed E-state index contributed by atoms with van der Waals surface area (Å²) in [6.07, 6.45) is 4.96. The van der Waals surface area contributed by atoms with Crippen LogP contribution < -0.4 is 5.32 Å². The summed E-state index contributed by atoms with van der Waals surface area (Å²) in [5.74, 6) is 0.620. The van der Waals surface area contributed by atoms with E-state index in [1.54, 1.807) is 0 Å². The van der Waals surface area contributed by atoms with E-state index < -0.39 is 0 Å². The van der Waals surface area contributed by atoms with Crippen LogP contribution in [0.1, 0.15) is 39.5 Å². The smallest absolute Gasteiger partial charge is 0.322 e. The number of methoxy groups -OCH3 is 1. The van der Waals surface area contributed by atoms with Gasteiger partial charge < -0.3 is 10.1 Å². The van der Waals surface area contributed by atoms with E-state index in [-0.39, 0.29) is 12.0 Å². The zero-order chi connectivity index (χ0) is 10.6. The first-order valence-electron chi connectivity index (χ1n) is 5.47. The zero-order valence-corrected chi connectivity index (χ0v) is 9.38. The summed E-state index contributed by atoms with van der Waals surface area (Å²) < 4.78 is 4.68. The van der Waals surface area contributed by atoms with Crippen molar-refractivity contribution in [3.63, 3.8) is 0 Å². The van der Waals surface area contributed by atoms with Gasteiger partial charge in [0.1, 0.15) is 6.04 Å². The SMILES string of the molecule is COC(=O)[C@H](C)NC1CCCC(C)C1. The largest absolute Gasteiger partial charge is 0.468 e. The highest BCUT2D eigenvalue weighted by atomic mass is 16.5. The predicted octanol–water partition coefficient (Wildman–Crippen LogP) is 1.72. The van der Waals surface area contributed by atoms with Crippen molar-refractivity contribution < 1.29 is 9.53 Å². The first-order chi connectivity index (χ1) is 6.63. The average Bonchev–Trinajstić information content (AvgIpc) is 2.16. The highest BCUT2D eigenvalue weighted by Gasteiger charge is 2.22. The van der Waals surface area contributed by atoms with Crippen molar-refractivity contribution in [3.8, 4) is 0 Å². The molecule has 0 aromatic carbocycles. The fraction of sp³-hybridized carbons (Fsp3) is 0.909. The molecule has 3 atom stereocenters. The van der Waals surface area contributed by atoms with Crippen LogP contribution in [0.5, 0.6) is 0 Å². The van der Waals surface area contributed by atoms with Gasteiger partial charge in [0.05, 0.1) is 7.11 Å². The molecule has 0 aliphatic heterocycles. The molecule has 1 N–H and O–H groups in total. The molecule has 0 bridgehead atoms. The number of hydrogen-bond donors (Lipinski definition) is 1. The zero-order valence-electron chi connectivity index (χ0n) is 9.38. The molecule has 1 saturated carbocycles. The van der Waals surface area contributed by atoms with Gasteiger partial charge in [-0.3, -0.25) is 4.79 Å². The van der Waals surface area contributed by atoms with E-state index in [4.69, 9.17) is 0 Å². The summed E-state index contributed by atoms with van der Waals surface area (Å²) in [4.78, 5) is 11.2. The Morgan fingerprint density at radius 1 is 1.50 bits per heavy atom. The van der Waals surface area contributed by atoms with E-state index in [0.29, 0.717) is 6.04 Å². The van der Waals surface area contributed by atoms with E-state index in [2.05, 4.69) is 17.0 Å². The van der Waals surface area contributed by atoms with Crippen LogP contribution in [0, 0.1) is 5.92 Å². The van der Waals surface area contributed by atoms with Crippen LogP contribution >= 0.6 is 0 Å². The van der Waals surface area contributed by atoms with E-state index in [1.165, 1.54) is 32.8 Å². The van der Waals surface area contributed by atoms with Gasteiger partial charge in [-0.05, 0) is 25.7 Å². The average molecular weight is 199 g/mol. The van der Waals surface area contributed by atoms with Crippen molar-refractivity contribution in [1.82, 2.24) is 5.32 Å². The number of carbonyl (C=O) groups excluding carboxylic acids is 1. The van der Waals surface area contributed by atoms with Crippen LogP contribution in [0.3, 0.4) is 0 Å². The number of ether oxygens (including phenoxy) is 1. The third-order valence-corrected chi connectivity index (χ3v) is 2.98. The lowest BCUT2D eigenvalue weighted by Crippen LogP contribution is -2.43. The third kappa shape index (κ3) is 3.29. The van der Waals surface area contributed by atoms with Crippen molar-refractivity contribution in [2.45, 2.75) is 51.6 Å². The lowest BCUT2D eigenvalue weighted by atomic mass is 9.87. The highest BCUT2D eigenvalue weighted by Crippen LogP contribution is 2.23. The van der Waals surface area contributed by atoms with Crippen LogP contribution in [0.15, 0.2) is 0 Å². The Morgan fingerprint density at radius 2 is 2.21 bits per heavy atom. The molecule has 2 unspecified atom stereocenters. The maximum Gasteiger partial charge on any atom is 0.322 e.